The maximum absolute atomic E-state index is 11.9. The van der Waals surface area contributed by atoms with E-state index in [0.717, 1.165) is 17.9 Å². The molecule has 0 aliphatic carbocycles. The maximum Gasteiger partial charge on any atom is 0.350 e. The number of nitrogens with zero attached hydrogens (tertiary/aromatic N) is 1. The van der Waals surface area contributed by atoms with Crippen LogP contribution in [-0.2, 0) is 44.0 Å². The van der Waals surface area contributed by atoms with Crippen LogP contribution in [0.2, 0.25) is 0 Å². The molecule has 0 amide bonds. The average Bonchev–Trinajstić information content (AvgIpc) is 3.27. The van der Waals surface area contributed by atoms with Gasteiger partial charge >= 0.3 is 5.63 Å². The van der Waals surface area contributed by atoms with E-state index in [2.05, 4.69) is 23.3 Å². The Labute approximate surface area is 248 Å². The molecular formula is C29H46NO6Y-. The van der Waals surface area contributed by atoms with Crippen LogP contribution in [0.5, 0.6) is 5.75 Å². The van der Waals surface area contributed by atoms with Crippen molar-refractivity contribution in [2.24, 2.45) is 5.92 Å². The third-order valence-corrected chi connectivity index (χ3v) is 5.32. The molecule has 2 aromatic rings. The van der Waals surface area contributed by atoms with E-state index in [9.17, 15) is 14.7 Å². The number of ketones is 1. The Hall–Kier alpha value is -1.70. The topological polar surface area (TPSA) is 104 Å². The first-order valence-electron chi connectivity index (χ1n) is 13.1. The summed E-state index contributed by atoms with van der Waals surface area (Å²) in [5.41, 5.74) is 2.53. The van der Waals surface area contributed by atoms with Crippen molar-refractivity contribution in [3.63, 3.8) is 0 Å². The van der Waals surface area contributed by atoms with Gasteiger partial charge in [-0.2, -0.15) is 6.20 Å². The van der Waals surface area contributed by atoms with Crippen LogP contribution in [0.25, 0.3) is 5.48 Å². The van der Waals surface area contributed by atoms with Crippen LogP contribution >= 0.6 is 0 Å². The fraction of sp³-hybridized carbons (Fsp3) is 0.586. The molecule has 0 bridgehead atoms. The van der Waals surface area contributed by atoms with Gasteiger partial charge in [0, 0.05) is 64.1 Å². The largest absolute Gasteiger partial charge is 0.569 e. The first-order valence-corrected chi connectivity index (χ1v) is 13.1. The molecule has 207 valence electrons. The molecule has 0 aliphatic heterocycles. The molecule has 0 saturated heterocycles. The van der Waals surface area contributed by atoms with E-state index >= 15 is 0 Å². The predicted molar refractivity (Wildman–Crippen MR) is 146 cm³/mol. The summed E-state index contributed by atoms with van der Waals surface area (Å²) in [5.74, 6) is 1.33. The van der Waals surface area contributed by atoms with Crippen molar-refractivity contribution in [3.05, 3.63) is 69.2 Å². The number of furan rings is 1. The number of rotatable bonds is 13. The fourth-order valence-electron chi connectivity index (χ4n) is 3.27. The van der Waals surface area contributed by atoms with Crippen LogP contribution in [0.4, 0.5) is 0 Å². The summed E-state index contributed by atoms with van der Waals surface area (Å²) in [7, 11) is 1.46. The Morgan fingerprint density at radius 2 is 1.81 bits per heavy atom. The smallest absolute Gasteiger partial charge is 0.350 e. The zero-order valence-electron chi connectivity index (χ0n) is 24.0. The van der Waals surface area contributed by atoms with Crippen molar-refractivity contribution in [1.29, 1.82) is 0 Å². The van der Waals surface area contributed by atoms with Crippen molar-refractivity contribution in [2.45, 2.75) is 99.3 Å². The molecule has 2 rings (SSSR count). The quantitative estimate of drug-likeness (QED) is 0.142. The molecule has 0 aliphatic rings. The van der Waals surface area contributed by atoms with Crippen LogP contribution < -0.4 is 5.63 Å². The summed E-state index contributed by atoms with van der Waals surface area (Å²) in [4.78, 5) is 28.4. The number of carbonyl (C=O) groups excluding carboxylic acids is 1. The predicted octanol–water partition coefficient (Wildman–Crippen LogP) is 8.25. The number of aryl methyl sites for hydroxylation is 2. The van der Waals surface area contributed by atoms with E-state index in [1.165, 1.54) is 38.9 Å². The van der Waals surface area contributed by atoms with Crippen LogP contribution in [-0.4, -0.2) is 18.0 Å². The monoisotopic (exact) mass is 593 g/mol. The van der Waals surface area contributed by atoms with Gasteiger partial charge < -0.3 is 24.3 Å². The average molecular weight is 594 g/mol. The van der Waals surface area contributed by atoms with E-state index in [-0.39, 0.29) is 55.9 Å². The van der Waals surface area contributed by atoms with Crippen LogP contribution in [0, 0.1) is 12.8 Å². The van der Waals surface area contributed by atoms with E-state index < -0.39 is 11.4 Å². The Morgan fingerprint density at radius 1 is 1.14 bits per heavy atom. The molecule has 0 saturated carbocycles. The van der Waals surface area contributed by atoms with Crippen molar-refractivity contribution in [2.75, 3.05) is 7.11 Å². The first-order chi connectivity index (χ1) is 17.2. The van der Waals surface area contributed by atoms with Gasteiger partial charge in [0.05, 0.1) is 0 Å². The number of carbonyl (C=O) groups is 1. The van der Waals surface area contributed by atoms with E-state index in [1.807, 2.05) is 39.8 Å². The van der Waals surface area contributed by atoms with E-state index in [0.29, 0.717) is 18.6 Å². The van der Waals surface area contributed by atoms with Gasteiger partial charge in [-0.3, -0.25) is 4.79 Å². The molecular weight excluding hydrogens is 547 g/mol. The number of hydroxylamine groups is 1. The van der Waals surface area contributed by atoms with Crippen LogP contribution in [0.15, 0.2) is 44.1 Å². The summed E-state index contributed by atoms with van der Waals surface area (Å²) >= 11 is 0. The minimum absolute atomic E-state index is 0. The molecule has 1 radical (unpaired) electrons. The van der Waals surface area contributed by atoms with Gasteiger partial charge in [-0.05, 0) is 38.3 Å². The van der Waals surface area contributed by atoms with Gasteiger partial charge in [-0.15, -0.1) is 6.08 Å². The van der Waals surface area contributed by atoms with Gasteiger partial charge in [0.1, 0.15) is 28.6 Å². The number of unbranched alkanes of at least 4 members (excludes halogenated alkanes) is 3. The molecule has 1 N–H and O–H groups in total. The fourth-order valence-corrected chi connectivity index (χ4v) is 3.27. The number of hydrogen-bond acceptors (Lipinski definition) is 6. The third-order valence-electron chi connectivity index (χ3n) is 5.32. The number of Topliss-reactive ketones (excluding diaryl/α,β-unsaturated/α-hetero) is 1. The van der Waals surface area contributed by atoms with E-state index in [1.54, 1.807) is 20.0 Å². The summed E-state index contributed by atoms with van der Waals surface area (Å²) in [6.45, 7) is 13.4. The second-order valence-corrected chi connectivity index (χ2v) is 8.69. The summed E-state index contributed by atoms with van der Waals surface area (Å²) in [6.07, 6.45) is 11.1. The summed E-state index contributed by atoms with van der Waals surface area (Å²) in [5, 5.41) is 9.96. The van der Waals surface area contributed by atoms with Crippen molar-refractivity contribution in [3.8, 4) is 5.75 Å². The second kappa shape index (κ2) is 22.3. The Bertz CT molecular complexity index is 948. The molecule has 0 spiro atoms. The minimum atomic E-state index is -0.787. The van der Waals surface area contributed by atoms with E-state index in [4.69, 9.17) is 8.83 Å². The summed E-state index contributed by atoms with van der Waals surface area (Å²) < 4.78 is 10.7. The molecule has 7 nitrogen and oxygen atoms in total. The zero-order chi connectivity index (χ0) is 27.5. The molecule has 0 fully saturated rings. The second-order valence-electron chi connectivity index (χ2n) is 8.69. The number of allylic oxidation sites excluding steroid dienone is 1. The van der Waals surface area contributed by atoms with Crippen molar-refractivity contribution >= 4 is 5.78 Å². The molecule has 0 aromatic carbocycles. The first kappa shape index (κ1) is 37.5. The number of aromatic hydroxyl groups is 1. The number of hydrogen-bond donors (Lipinski definition) is 1. The van der Waals surface area contributed by atoms with Crippen molar-refractivity contribution < 1.29 is 56.3 Å². The van der Waals surface area contributed by atoms with Gasteiger partial charge in [-0.25, -0.2) is 4.79 Å². The Kier molecular flexibility index (Phi) is 22.6. The molecule has 8 heteroatoms. The molecule has 37 heavy (non-hydrogen) atoms. The molecule has 2 aromatic heterocycles. The van der Waals surface area contributed by atoms with Crippen LogP contribution in [0.1, 0.15) is 114 Å². The Morgan fingerprint density at radius 3 is 2.32 bits per heavy atom. The molecule has 1 unspecified atom stereocenters. The summed E-state index contributed by atoms with van der Waals surface area (Å²) in [6, 6.07) is 5.47. The van der Waals surface area contributed by atoms with Gasteiger partial charge in [0.2, 0.25) is 0 Å². The Balaban J connectivity index is 0. The maximum atomic E-state index is 11.9. The van der Waals surface area contributed by atoms with Gasteiger partial charge in [0.15, 0.2) is 5.78 Å². The third kappa shape index (κ3) is 15.3. The van der Waals surface area contributed by atoms with Gasteiger partial charge in [-0.1, -0.05) is 60.8 Å². The minimum Gasteiger partial charge on any atom is -0.569 e. The van der Waals surface area contributed by atoms with Gasteiger partial charge in [0.25, 0.3) is 0 Å². The normalized spacial score (nSPS) is 11.2. The van der Waals surface area contributed by atoms with Crippen LogP contribution in [0.3, 0.4) is 0 Å². The SMILES string of the molecule is CC.CCCCCCc1ccc(C)o1.CO[N-]/C=C\CCC(C)c1cc(O)c(C(=O)C(C)C)c(=O)o1.[Y]. The van der Waals surface area contributed by atoms with Crippen molar-refractivity contribution in [1.82, 2.24) is 0 Å². The molecule has 2 heterocycles. The zero-order valence-corrected chi connectivity index (χ0v) is 26.8. The molecule has 1 atom stereocenters. The standard InChI is InChI=1S/C16H22NO5.C11H18O.C2H6.Y/c1-10(2)15(19)14-12(18)9-13(22-16(14)20)11(3)7-5-6-8-17-21-4;1-3-4-5-6-7-11-9-8-10(2)12-11;1-2;/h6,8-11H,5,7H2,1-4H3,(H,18,19,20);8-9H,3-7H2,1-2H3;1-2H3;/q-1;;;/b8-6-;;;.